The molecule has 2 rings (SSSR count). The number of ether oxygens (including phenoxy) is 2. The molecule has 0 radical (unpaired) electrons. The number of nitrogens with one attached hydrogen (secondary N) is 1. The van der Waals surface area contributed by atoms with Crippen LogP contribution in [0, 0.1) is 0 Å². The number of aryl methyl sites for hydroxylation is 1. The molecular formula is C22H31NO4. The van der Waals surface area contributed by atoms with Crippen LogP contribution in [-0.4, -0.2) is 29.8 Å². The topological polar surface area (TPSA) is 71.0 Å². The van der Waals surface area contributed by atoms with Crippen molar-refractivity contribution in [2.75, 3.05) is 7.11 Å². The van der Waals surface area contributed by atoms with Crippen molar-refractivity contribution in [3.8, 4) is 11.5 Å². The molecule has 0 aliphatic carbocycles. The van der Waals surface area contributed by atoms with Crippen molar-refractivity contribution in [2.24, 2.45) is 0 Å². The van der Waals surface area contributed by atoms with Gasteiger partial charge in [0.15, 0.2) is 6.23 Å². The van der Waals surface area contributed by atoms with Crippen LogP contribution in [-0.2, 0) is 6.42 Å². The second kappa shape index (κ2) is 10.9. The number of aliphatic hydroxyl groups excluding tert-OH is 2. The number of hydrogen-bond acceptors (Lipinski definition) is 5. The highest BCUT2D eigenvalue weighted by Crippen LogP contribution is 2.32. The summed E-state index contributed by atoms with van der Waals surface area (Å²) in [7, 11) is 1.60. The van der Waals surface area contributed by atoms with Gasteiger partial charge in [0.1, 0.15) is 17.7 Å². The van der Waals surface area contributed by atoms with Gasteiger partial charge in [-0.05, 0) is 49.4 Å². The maximum Gasteiger partial charge on any atom is 0.151 e. The lowest BCUT2D eigenvalue weighted by Crippen LogP contribution is -2.41. The summed E-state index contributed by atoms with van der Waals surface area (Å²) in [6.07, 6.45) is 0.979. The van der Waals surface area contributed by atoms with Crippen molar-refractivity contribution in [1.29, 1.82) is 0 Å². The fourth-order valence-corrected chi connectivity index (χ4v) is 2.85. The number of hydrogen-bond donors (Lipinski definition) is 3. The molecular weight excluding hydrogens is 342 g/mol. The van der Waals surface area contributed by atoms with E-state index in [1.807, 2.05) is 50.2 Å². The van der Waals surface area contributed by atoms with Gasteiger partial charge in [-0.15, -0.1) is 0 Å². The van der Waals surface area contributed by atoms with Gasteiger partial charge in [0.05, 0.1) is 13.2 Å². The Hall–Kier alpha value is -2.08. The molecule has 148 valence electrons. The maximum absolute atomic E-state index is 10.8. The highest BCUT2D eigenvalue weighted by molar-refractivity contribution is 5.42. The molecule has 2 aromatic carbocycles. The lowest BCUT2D eigenvalue weighted by molar-refractivity contribution is 0.0497. The van der Waals surface area contributed by atoms with Crippen LogP contribution in [0.5, 0.6) is 11.5 Å². The van der Waals surface area contributed by atoms with Gasteiger partial charge in [0, 0.05) is 5.56 Å². The molecule has 0 aliphatic heterocycles. The summed E-state index contributed by atoms with van der Waals surface area (Å²) in [5.41, 5.74) is 1.87. The first kappa shape index (κ1) is 21.2. The standard InChI is InChI=1S/C22H31NO4/c1-4-21(25)23-22(5-2)27-20-14-12-17(26-3)15-18(20)19(24)13-11-16-9-7-6-8-10-16/h6-10,12,14-15,19,21-25H,4-5,11,13H2,1-3H3. The molecule has 5 nitrogen and oxygen atoms in total. The Morgan fingerprint density at radius 2 is 1.74 bits per heavy atom. The van der Waals surface area contributed by atoms with E-state index in [0.29, 0.717) is 36.3 Å². The van der Waals surface area contributed by atoms with E-state index in [4.69, 9.17) is 9.47 Å². The van der Waals surface area contributed by atoms with Crippen molar-refractivity contribution in [1.82, 2.24) is 5.32 Å². The molecule has 5 heteroatoms. The molecule has 0 aromatic heterocycles. The van der Waals surface area contributed by atoms with Crippen LogP contribution < -0.4 is 14.8 Å². The van der Waals surface area contributed by atoms with Gasteiger partial charge < -0.3 is 19.7 Å². The number of benzene rings is 2. The number of rotatable bonds is 11. The van der Waals surface area contributed by atoms with Gasteiger partial charge in [-0.1, -0.05) is 44.2 Å². The third kappa shape index (κ3) is 6.54. The van der Waals surface area contributed by atoms with E-state index in [2.05, 4.69) is 17.4 Å². The van der Waals surface area contributed by atoms with E-state index >= 15 is 0 Å². The third-order valence-corrected chi connectivity index (χ3v) is 4.53. The molecule has 27 heavy (non-hydrogen) atoms. The highest BCUT2D eigenvalue weighted by atomic mass is 16.5. The Bertz CT molecular complexity index is 677. The Balaban J connectivity index is 2.14. The molecule has 0 amide bonds. The zero-order valence-electron chi connectivity index (χ0n) is 16.4. The van der Waals surface area contributed by atoms with Crippen molar-refractivity contribution in [3.63, 3.8) is 0 Å². The smallest absolute Gasteiger partial charge is 0.151 e. The van der Waals surface area contributed by atoms with Crippen molar-refractivity contribution < 1.29 is 19.7 Å². The molecule has 0 aliphatic rings. The quantitative estimate of drug-likeness (QED) is 0.523. The van der Waals surface area contributed by atoms with Crippen LogP contribution in [0.2, 0.25) is 0 Å². The zero-order valence-corrected chi connectivity index (χ0v) is 16.4. The van der Waals surface area contributed by atoms with Crippen LogP contribution in [0.1, 0.15) is 50.3 Å². The summed E-state index contributed by atoms with van der Waals surface area (Å²) < 4.78 is 11.4. The average Bonchev–Trinajstić information content (AvgIpc) is 2.72. The van der Waals surface area contributed by atoms with Crippen molar-refractivity contribution >= 4 is 0 Å². The second-order valence-corrected chi connectivity index (χ2v) is 6.55. The van der Waals surface area contributed by atoms with E-state index in [1.165, 1.54) is 5.56 Å². The summed E-state index contributed by atoms with van der Waals surface area (Å²) in [4.78, 5) is 0. The van der Waals surface area contributed by atoms with E-state index in [-0.39, 0.29) is 6.23 Å². The summed E-state index contributed by atoms with van der Waals surface area (Å²) in [6, 6.07) is 15.5. The lowest BCUT2D eigenvalue weighted by Gasteiger charge is -2.25. The molecule has 0 bridgehead atoms. The maximum atomic E-state index is 10.8. The minimum absolute atomic E-state index is 0.339. The third-order valence-electron chi connectivity index (χ3n) is 4.53. The molecule has 3 atom stereocenters. The first-order valence-electron chi connectivity index (χ1n) is 9.58. The Morgan fingerprint density at radius 3 is 2.37 bits per heavy atom. The Kier molecular flexibility index (Phi) is 8.58. The van der Waals surface area contributed by atoms with Gasteiger partial charge in [-0.25, -0.2) is 0 Å². The SMILES string of the molecule is CCC(O)NC(CC)Oc1ccc(OC)cc1C(O)CCc1ccccc1. The average molecular weight is 373 g/mol. The highest BCUT2D eigenvalue weighted by Gasteiger charge is 2.19. The Morgan fingerprint density at radius 1 is 1.00 bits per heavy atom. The van der Waals surface area contributed by atoms with Gasteiger partial charge in [-0.2, -0.15) is 0 Å². The van der Waals surface area contributed by atoms with Crippen molar-refractivity contribution in [2.45, 2.75) is 58.1 Å². The van der Waals surface area contributed by atoms with Crippen LogP contribution in [0.25, 0.3) is 0 Å². The fourth-order valence-electron chi connectivity index (χ4n) is 2.85. The predicted molar refractivity (Wildman–Crippen MR) is 107 cm³/mol. The van der Waals surface area contributed by atoms with Crippen molar-refractivity contribution in [3.05, 3.63) is 59.7 Å². The second-order valence-electron chi connectivity index (χ2n) is 6.55. The first-order chi connectivity index (χ1) is 13.1. The molecule has 2 aromatic rings. The minimum Gasteiger partial charge on any atom is -0.497 e. The van der Waals surface area contributed by atoms with Crippen LogP contribution >= 0.6 is 0 Å². The summed E-state index contributed by atoms with van der Waals surface area (Å²) in [5.74, 6) is 1.27. The first-order valence-corrected chi connectivity index (χ1v) is 9.58. The zero-order chi connectivity index (χ0) is 19.6. The predicted octanol–water partition coefficient (Wildman–Crippen LogP) is 3.79. The van der Waals surface area contributed by atoms with Gasteiger partial charge in [0.25, 0.3) is 0 Å². The minimum atomic E-state index is -0.677. The van der Waals surface area contributed by atoms with Gasteiger partial charge in [-0.3, -0.25) is 5.32 Å². The normalized spacial score (nSPS) is 14.4. The van der Waals surface area contributed by atoms with E-state index in [9.17, 15) is 10.2 Å². The molecule has 0 fully saturated rings. The number of aliphatic hydroxyl groups is 2. The summed E-state index contributed by atoms with van der Waals surface area (Å²) >= 11 is 0. The molecule has 0 saturated carbocycles. The monoisotopic (exact) mass is 373 g/mol. The molecule has 3 N–H and O–H groups in total. The largest absolute Gasteiger partial charge is 0.497 e. The van der Waals surface area contributed by atoms with Gasteiger partial charge in [0.2, 0.25) is 0 Å². The Labute approximate surface area is 162 Å². The van der Waals surface area contributed by atoms with Crippen LogP contribution in [0.3, 0.4) is 0 Å². The van der Waals surface area contributed by atoms with Gasteiger partial charge >= 0.3 is 0 Å². The van der Waals surface area contributed by atoms with Crippen LogP contribution in [0.4, 0.5) is 0 Å². The molecule has 0 heterocycles. The lowest BCUT2D eigenvalue weighted by atomic mass is 10.0. The van der Waals surface area contributed by atoms with E-state index in [0.717, 1.165) is 6.42 Å². The molecule has 3 unspecified atom stereocenters. The number of methoxy groups -OCH3 is 1. The molecule has 0 saturated heterocycles. The van der Waals surface area contributed by atoms with E-state index in [1.54, 1.807) is 7.11 Å². The van der Waals surface area contributed by atoms with Crippen LogP contribution in [0.15, 0.2) is 48.5 Å². The molecule has 0 spiro atoms. The fraction of sp³-hybridized carbons (Fsp3) is 0.455. The summed E-state index contributed by atoms with van der Waals surface area (Å²) in [6.45, 7) is 3.88. The summed E-state index contributed by atoms with van der Waals surface area (Å²) in [5, 5.41) is 23.7. The van der Waals surface area contributed by atoms with E-state index < -0.39 is 12.3 Å².